The standard InChI is InChI=1S/C20H24N4O3/c1-23(2)18(16-13-24(3)17-9-5-4-8-15(16)17)12-22-20(26)19(25)21-11-14-7-6-10-27-14/h4-10,13,18H,11-12H2,1-3H3,(H,21,25)(H,22,26). The number of rotatable bonds is 6. The van der Waals surface area contributed by atoms with Gasteiger partial charge in [-0.25, -0.2) is 0 Å². The topological polar surface area (TPSA) is 79.5 Å². The molecule has 2 heterocycles. The summed E-state index contributed by atoms with van der Waals surface area (Å²) in [5, 5.41) is 6.42. The lowest BCUT2D eigenvalue weighted by Crippen LogP contribution is -2.42. The van der Waals surface area contributed by atoms with Crippen molar-refractivity contribution in [1.29, 1.82) is 0 Å². The van der Waals surface area contributed by atoms with Crippen molar-refractivity contribution >= 4 is 22.7 Å². The number of likely N-dealkylation sites (N-methyl/N-ethyl adjacent to an activating group) is 1. The number of furan rings is 1. The average Bonchev–Trinajstić information content (AvgIpc) is 3.28. The summed E-state index contributed by atoms with van der Waals surface area (Å²) in [5.74, 6) is -0.742. The lowest BCUT2D eigenvalue weighted by Gasteiger charge is -2.24. The molecule has 2 amide bonds. The molecule has 3 aromatic rings. The number of aryl methyl sites for hydroxylation is 1. The summed E-state index contributed by atoms with van der Waals surface area (Å²) in [6.45, 7) is 0.508. The van der Waals surface area contributed by atoms with Gasteiger partial charge in [0.2, 0.25) is 0 Å². The Hall–Kier alpha value is -3.06. The van der Waals surface area contributed by atoms with Crippen molar-refractivity contribution in [3.63, 3.8) is 0 Å². The molecule has 7 nitrogen and oxygen atoms in total. The summed E-state index contributed by atoms with van der Waals surface area (Å²) in [6.07, 6.45) is 3.59. The highest BCUT2D eigenvalue weighted by atomic mass is 16.3. The predicted molar refractivity (Wildman–Crippen MR) is 103 cm³/mol. The number of nitrogens with zero attached hydrogens (tertiary/aromatic N) is 2. The third-order valence-electron chi connectivity index (χ3n) is 4.58. The van der Waals surface area contributed by atoms with E-state index in [4.69, 9.17) is 4.42 Å². The zero-order valence-electron chi connectivity index (χ0n) is 15.7. The normalized spacial score (nSPS) is 12.3. The molecule has 0 radical (unpaired) electrons. The van der Waals surface area contributed by atoms with Crippen molar-refractivity contribution in [2.75, 3.05) is 20.6 Å². The van der Waals surface area contributed by atoms with Gasteiger partial charge in [0.1, 0.15) is 5.76 Å². The van der Waals surface area contributed by atoms with E-state index in [2.05, 4.69) is 33.5 Å². The van der Waals surface area contributed by atoms with Crippen molar-refractivity contribution in [3.05, 3.63) is 60.2 Å². The Bertz CT molecular complexity index is 928. The number of fused-ring (bicyclic) bond motifs is 1. The van der Waals surface area contributed by atoms with Gasteiger partial charge >= 0.3 is 11.8 Å². The largest absolute Gasteiger partial charge is 0.467 e. The second-order valence-corrected chi connectivity index (χ2v) is 6.66. The molecule has 0 saturated heterocycles. The van der Waals surface area contributed by atoms with Crippen LogP contribution in [0.3, 0.4) is 0 Å². The number of para-hydroxylation sites is 1. The van der Waals surface area contributed by atoms with Crippen LogP contribution in [0, 0.1) is 0 Å². The molecule has 0 aliphatic rings. The first-order chi connectivity index (χ1) is 13.0. The maximum absolute atomic E-state index is 12.2. The Morgan fingerprint density at radius 2 is 1.85 bits per heavy atom. The maximum Gasteiger partial charge on any atom is 0.309 e. The van der Waals surface area contributed by atoms with E-state index in [9.17, 15) is 9.59 Å². The maximum atomic E-state index is 12.2. The Kier molecular flexibility index (Phi) is 5.61. The molecule has 0 fully saturated rings. The lowest BCUT2D eigenvalue weighted by molar-refractivity contribution is -0.139. The van der Waals surface area contributed by atoms with Crippen molar-refractivity contribution in [3.8, 4) is 0 Å². The number of carbonyl (C=O) groups is 2. The minimum atomic E-state index is -0.679. The second kappa shape index (κ2) is 8.09. The minimum Gasteiger partial charge on any atom is -0.467 e. The van der Waals surface area contributed by atoms with Gasteiger partial charge in [-0.05, 0) is 37.9 Å². The van der Waals surface area contributed by atoms with Crippen LogP contribution < -0.4 is 10.6 Å². The molecule has 0 spiro atoms. The molecule has 1 aromatic carbocycles. The molecule has 0 saturated carbocycles. The van der Waals surface area contributed by atoms with Crippen LogP contribution in [0.25, 0.3) is 10.9 Å². The van der Waals surface area contributed by atoms with Crippen LogP contribution in [0.2, 0.25) is 0 Å². The number of benzene rings is 1. The highest BCUT2D eigenvalue weighted by Gasteiger charge is 2.21. The third-order valence-corrected chi connectivity index (χ3v) is 4.58. The molecule has 7 heteroatoms. The highest BCUT2D eigenvalue weighted by molar-refractivity contribution is 6.35. The quantitative estimate of drug-likeness (QED) is 0.651. The Balaban J connectivity index is 1.66. The Labute approximate surface area is 157 Å². The SMILES string of the molecule is CN(C)C(CNC(=O)C(=O)NCc1ccco1)c1cn(C)c2ccccc12. The lowest BCUT2D eigenvalue weighted by atomic mass is 10.0. The summed E-state index contributed by atoms with van der Waals surface area (Å²) in [7, 11) is 5.91. The van der Waals surface area contributed by atoms with E-state index < -0.39 is 11.8 Å². The first kappa shape index (κ1) is 18.7. The fourth-order valence-electron chi connectivity index (χ4n) is 3.14. The monoisotopic (exact) mass is 368 g/mol. The molecular formula is C20H24N4O3. The van der Waals surface area contributed by atoms with Gasteiger partial charge in [0.25, 0.3) is 0 Å². The van der Waals surface area contributed by atoms with E-state index in [1.807, 2.05) is 38.2 Å². The zero-order valence-corrected chi connectivity index (χ0v) is 15.7. The smallest absolute Gasteiger partial charge is 0.309 e. The van der Waals surface area contributed by atoms with Gasteiger partial charge in [0, 0.05) is 30.7 Å². The van der Waals surface area contributed by atoms with E-state index in [0.717, 1.165) is 16.5 Å². The summed E-state index contributed by atoms with van der Waals surface area (Å²) in [5.41, 5.74) is 2.23. The van der Waals surface area contributed by atoms with Crippen LogP contribution in [-0.4, -0.2) is 41.9 Å². The van der Waals surface area contributed by atoms with Crippen molar-refractivity contribution in [2.45, 2.75) is 12.6 Å². The van der Waals surface area contributed by atoms with Crippen molar-refractivity contribution < 1.29 is 14.0 Å². The summed E-state index contributed by atoms with van der Waals surface area (Å²) in [4.78, 5) is 26.2. The summed E-state index contributed by atoms with van der Waals surface area (Å²) < 4.78 is 7.21. The van der Waals surface area contributed by atoms with Crippen LogP contribution in [0.15, 0.2) is 53.3 Å². The highest BCUT2D eigenvalue weighted by Crippen LogP contribution is 2.28. The molecule has 0 aliphatic heterocycles. The first-order valence-electron chi connectivity index (χ1n) is 8.76. The molecule has 1 unspecified atom stereocenters. The molecule has 0 bridgehead atoms. The van der Waals surface area contributed by atoms with Crippen LogP contribution in [0.4, 0.5) is 0 Å². The molecule has 2 aromatic heterocycles. The van der Waals surface area contributed by atoms with E-state index in [0.29, 0.717) is 12.3 Å². The number of amides is 2. The molecule has 142 valence electrons. The number of aromatic nitrogens is 1. The molecular weight excluding hydrogens is 344 g/mol. The Morgan fingerprint density at radius 3 is 2.56 bits per heavy atom. The number of nitrogens with one attached hydrogen (secondary N) is 2. The van der Waals surface area contributed by atoms with E-state index in [1.54, 1.807) is 12.1 Å². The number of hydrogen-bond acceptors (Lipinski definition) is 4. The van der Waals surface area contributed by atoms with Crippen LogP contribution >= 0.6 is 0 Å². The van der Waals surface area contributed by atoms with E-state index >= 15 is 0 Å². The summed E-state index contributed by atoms with van der Waals surface area (Å²) >= 11 is 0. The van der Waals surface area contributed by atoms with Gasteiger partial charge in [-0.15, -0.1) is 0 Å². The van der Waals surface area contributed by atoms with Gasteiger partial charge < -0.3 is 24.5 Å². The van der Waals surface area contributed by atoms with Crippen molar-refractivity contribution in [1.82, 2.24) is 20.1 Å². The second-order valence-electron chi connectivity index (χ2n) is 6.66. The average molecular weight is 368 g/mol. The van der Waals surface area contributed by atoms with Crippen LogP contribution in [0.1, 0.15) is 17.4 Å². The van der Waals surface area contributed by atoms with Gasteiger partial charge in [0.15, 0.2) is 0 Å². The number of carbonyl (C=O) groups excluding carboxylic acids is 2. The van der Waals surface area contributed by atoms with Gasteiger partial charge in [-0.2, -0.15) is 0 Å². The fourth-order valence-corrected chi connectivity index (χ4v) is 3.14. The molecule has 1 atom stereocenters. The molecule has 3 rings (SSSR count). The summed E-state index contributed by atoms with van der Waals surface area (Å²) in [6, 6.07) is 11.5. The van der Waals surface area contributed by atoms with Crippen molar-refractivity contribution in [2.24, 2.45) is 7.05 Å². The zero-order chi connectivity index (χ0) is 19.4. The Morgan fingerprint density at radius 1 is 1.11 bits per heavy atom. The predicted octanol–water partition coefficient (Wildman–Crippen LogP) is 1.81. The molecule has 27 heavy (non-hydrogen) atoms. The number of hydrogen-bond donors (Lipinski definition) is 2. The van der Waals surface area contributed by atoms with E-state index in [1.165, 1.54) is 6.26 Å². The minimum absolute atomic E-state index is 0.0575. The third kappa shape index (κ3) is 4.20. The van der Waals surface area contributed by atoms with Crippen LogP contribution in [0.5, 0.6) is 0 Å². The molecule has 2 N–H and O–H groups in total. The first-order valence-corrected chi connectivity index (χ1v) is 8.76. The molecule has 0 aliphatic carbocycles. The van der Waals surface area contributed by atoms with E-state index in [-0.39, 0.29) is 12.6 Å². The van der Waals surface area contributed by atoms with Gasteiger partial charge in [-0.1, -0.05) is 18.2 Å². The van der Waals surface area contributed by atoms with Gasteiger partial charge in [-0.3, -0.25) is 9.59 Å². The fraction of sp³-hybridized carbons (Fsp3) is 0.300. The van der Waals surface area contributed by atoms with Gasteiger partial charge in [0.05, 0.1) is 18.8 Å². The van der Waals surface area contributed by atoms with Crippen LogP contribution in [-0.2, 0) is 23.2 Å².